The van der Waals surface area contributed by atoms with E-state index >= 15 is 0 Å². The second-order valence-electron chi connectivity index (χ2n) is 4.67. The van der Waals surface area contributed by atoms with Gasteiger partial charge in [0.25, 0.3) is 5.91 Å². The highest BCUT2D eigenvalue weighted by Gasteiger charge is 2.09. The number of hydrogen-bond donors (Lipinski definition) is 1. The van der Waals surface area contributed by atoms with Crippen LogP contribution in [0.3, 0.4) is 0 Å². The molecule has 106 valence electrons. The van der Waals surface area contributed by atoms with E-state index in [-0.39, 0.29) is 5.91 Å². The molecule has 4 heteroatoms. The van der Waals surface area contributed by atoms with Crippen molar-refractivity contribution in [1.29, 1.82) is 0 Å². The van der Waals surface area contributed by atoms with Crippen LogP contribution in [0, 0.1) is 0 Å². The Kier molecular flexibility index (Phi) is 6.93. The Bertz CT molecular complexity index is 387. The van der Waals surface area contributed by atoms with Gasteiger partial charge in [-0.3, -0.25) is 9.78 Å². The van der Waals surface area contributed by atoms with Gasteiger partial charge in [-0.2, -0.15) is 0 Å². The maximum atomic E-state index is 11.9. The molecule has 0 unspecified atom stereocenters. The van der Waals surface area contributed by atoms with Crippen molar-refractivity contribution in [2.24, 2.45) is 0 Å². The fourth-order valence-corrected chi connectivity index (χ4v) is 1.98. The molecule has 19 heavy (non-hydrogen) atoms. The number of nitrogens with one attached hydrogen (secondary N) is 1. The summed E-state index contributed by atoms with van der Waals surface area (Å²) in [6.45, 7) is 9.06. The van der Waals surface area contributed by atoms with Gasteiger partial charge in [0.2, 0.25) is 0 Å². The van der Waals surface area contributed by atoms with Gasteiger partial charge in [-0.1, -0.05) is 20.8 Å². The number of carbonyl (C=O) groups is 1. The zero-order valence-corrected chi connectivity index (χ0v) is 12.3. The predicted octanol–water partition coefficient (Wildman–Crippen LogP) is 2.85. The zero-order chi connectivity index (χ0) is 14.1. The highest BCUT2D eigenvalue weighted by molar-refractivity contribution is 5.94. The van der Waals surface area contributed by atoms with Crippen LogP contribution in [0.1, 0.15) is 50.4 Å². The van der Waals surface area contributed by atoms with E-state index in [2.05, 4.69) is 29.0 Å². The van der Waals surface area contributed by atoms with E-state index in [1.54, 1.807) is 6.20 Å². The summed E-state index contributed by atoms with van der Waals surface area (Å²) in [5, 5.41) is 2.88. The van der Waals surface area contributed by atoms with Crippen LogP contribution in [-0.2, 0) is 0 Å². The normalized spacial score (nSPS) is 10.3. The van der Waals surface area contributed by atoms with E-state index in [1.807, 2.05) is 19.2 Å². The van der Waals surface area contributed by atoms with Crippen molar-refractivity contribution < 1.29 is 4.79 Å². The van der Waals surface area contributed by atoms with Crippen LogP contribution >= 0.6 is 0 Å². The summed E-state index contributed by atoms with van der Waals surface area (Å²) in [6.07, 6.45) is 6.58. The van der Waals surface area contributed by atoms with E-state index in [9.17, 15) is 4.79 Å². The minimum atomic E-state index is -0.0378. The monoisotopic (exact) mass is 263 g/mol. The molecule has 0 radical (unpaired) electrons. The topological polar surface area (TPSA) is 45.2 Å². The smallest absolute Gasteiger partial charge is 0.252 e. The second kappa shape index (κ2) is 8.51. The van der Waals surface area contributed by atoms with Crippen LogP contribution in [-0.4, -0.2) is 30.5 Å². The van der Waals surface area contributed by atoms with Crippen molar-refractivity contribution in [3.05, 3.63) is 24.0 Å². The van der Waals surface area contributed by atoms with E-state index in [0.717, 1.165) is 38.0 Å². The molecule has 0 aliphatic carbocycles. The Hall–Kier alpha value is -1.58. The van der Waals surface area contributed by atoms with E-state index in [4.69, 9.17) is 0 Å². The second-order valence-corrected chi connectivity index (χ2v) is 4.67. The molecule has 0 aromatic carbocycles. The molecule has 0 fully saturated rings. The van der Waals surface area contributed by atoms with Gasteiger partial charge in [-0.25, -0.2) is 0 Å². The van der Waals surface area contributed by atoms with Gasteiger partial charge in [-0.05, 0) is 25.3 Å². The van der Waals surface area contributed by atoms with Crippen LogP contribution < -0.4 is 10.2 Å². The van der Waals surface area contributed by atoms with Crippen molar-refractivity contribution in [2.45, 2.75) is 40.0 Å². The molecule has 0 aliphatic rings. The van der Waals surface area contributed by atoms with Gasteiger partial charge >= 0.3 is 0 Å². The molecule has 1 rings (SSSR count). The number of amides is 1. The zero-order valence-electron chi connectivity index (χ0n) is 12.3. The third-order valence-corrected chi connectivity index (χ3v) is 2.87. The fraction of sp³-hybridized carbons (Fsp3) is 0.600. The summed E-state index contributed by atoms with van der Waals surface area (Å²) in [4.78, 5) is 18.4. The Morgan fingerprint density at radius 1 is 1.16 bits per heavy atom. The molecule has 1 heterocycles. The van der Waals surface area contributed by atoms with Gasteiger partial charge in [0.15, 0.2) is 0 Å². The SMILES string of the molecule is CCCNC(=O)c1cncc(N(CCC)CCC)c1. The minimum Gasteiger partial charge on any atom is -0.370 e. The van der Waals surface area contributed by atoms with Crippen LogP contribution in [0.2, 0.25) is 0 Å². The highest BCUT2D eigenvalue weighted by Crippen LogP contribution is 2.15. The summed E-state index contributed by atoms with van der Waals surface area (Å²) in [5.74, 6) is -0.0378. The largest absolute Gasteiger partial charge is 0.370 e. The number of aromatic nitrogens is 1. The highest BCUT2D eigenvalue weighted by atomic mass is 16.1. The Balaban J connectivity index is 2.81. The Labute approximate surface area is 116 Å². The van der Waals surface area contributed by atoms with Gasteiger partial charge < -0.3 is 10.2 Å². The van der Waals surface area contributed by atoms with Gasteiger partial charge in [0.1, 0.15) is 0 Å². The molecule has 0 spiro atoms. The molecule has 0 saturated carbocycles. The first kappa shape index (κ1) is 15.5. The molecular weight excluding hydrogens is 238 g/mol. The number of anilines is 1. The maximum absolute atomic E-state index is 11.9. The quantitative estimate of drug-likeness (QED) is 0.784. The van der Waals surface area contributed by atoms with Crippen molar-refractivity contribution in [2.75, 3.05) is 24.5 Å². The Morgan fingerprint density at radius 3 is 2.42 bits per heavy atom. The predicted molar refractivity (Wildman–Crippen MR) is 79.7 cm³/mol. The van der Waals surface area contributed by atoms with E-state index in [1.165, 1.54) is 0 Å². The van der Waals surface area contributed by atoms with Gasteiger partial charge in [0.05, 0.1) is 17.4 Å². The lowest BCUT2D eigenvalue weighted by molar-refractivity contribution is 0.0953. The lowest BCUT2D eigenvalue weighted by Gasteiger charge is -2.23. The first-order chi connectivity index (χ1) is 9.22. The fourth-order valence-electron chi connectivity index (χ4n) is 1.98. The molecule has 0 atom stereocenters. The molecule has 1 aromatic rings. The van der Waals surface area contributed by atoms with Crippen molar-refractivity contribution in [3.63, 3.8) is 0 Å². The number of hydrogen-bond acceptors (Lipinski definition) is 3. The van der Waals surface area contributed by atoms with E-state index in [0.29, 0.717) is 12.1 Å². The summed E-state index contributed by atoms with van der Waals surface area (Å²) in [5.41, 5.74) is 1.68. The summed E-state index contributed by atoms with van der Waals surface area (Å²) < 4.78 is 0. The lowest BCUT2D eigenvalue weighted by Crippen LogP contribution is -2.27. The van der Waals surface area contributed by atoms with Gasteiger partial charge in [-0.15, -0.1) is 0 Å². The first-order valence-corrected chi connectivity index (χ1v) is 7.21. The molecule has 0 saturated heterocycles. The van der Waals surface area contributed by atoms with Crippen LogP contribution in [0.25, 0.3) is 0 Å². The Morgan fingerprint density at radius 2 is 1.84 bits per heavy atom. The standard InChI is InChI=1S/C15H25N3O/c1-4-7-17-15(19)13-10-14(12-16-11-13)18(8-5-2)9-6-3/h10-12H,4-9H2,1-3H3,(H,17,19). The first-order valence-electron chi connectivity index (χ1n) is 7.21. The van der Waals surface area contributed by atoms with Crippen molar-refractivity contribution in [3.8, 4) is 0 Å². The molecule has 0 aliphatic heterocycles. The maximum Gasteiger partial charge on any atom is 0.252 e. The summed E-state index contributed by atoms with van der Waals surface area (Å²) in [6, 6.07) is 1.93. The third-order valence-electron chi connectivity index (χ3n) is 2.87. The average molecular weight is 263 g/mol. The van der Waals surface area contributed by atoms with E-state index < -0.39 is 0 Å². The molecule has 1 amide bonds. The van der Waals surface area contributed by atoms with Gasteiger partial charge in [0, 0.05) is 25.8 Å². The molecular formula is C15H25N3O. The number of nitrogens with zero attached hydrogens (tertiary/aromatic N) is 2. The minimum absolute atomic E-state index is 0.0378. The van der Waals surface area contributed by atoms with Crippen molar-refractivity contribution >= 4 is 11.6 Å². The summed E-state index contributed by atoms with van der Waals surface area (Å²) >= 11 is 0. The third kappa shape index (κ3) is 4.89. The molecule has 1 aromatic heterocycles. The number of carbonyl (C=O) groups excluding carboxylic acids is 1. The van der Waals surface area contributed by atoms with Crippen LogP contribution in [0.5, 0.6) is 0 Å². The van der Waals surface area contributed by atoms with Crippen LogP contribution in [0.15, 0.2) is 18.5 Å². The van der Waals surface area contributed by atoms with Crippen molar-refractivity contribution in [1.82, 2.24) is 10.3 Å². The molecule has 1 N–H and O–H groups in total. The summed E-state index contributed by atoms with van der Waals surface area (Å²) in [7, 11) is 0. The molecule has 0 bridgehead atoms. The number of pyridine rings is 1. The average Bonchev–Trinajstić information content (AvgIpc) is 2.44. The molecule has 4 nitrogen and oxygen atoms in total. The van der Waals surface area contributed by atoms with Crippen LogP contribution in [0.4, 0.5) is 5.69 Å². The number of rotatable bonds is 8. The lowest BCUT2D eigenvalue weighted by atomic mass is 10.2.